The summed E-state index contributed by atoms with van der Waals surface area (Å²) in [6.07, 6.45) is 2.54. The van der Waals surface area contributed by atoms with E-state index in [9.17, 15) is 9.90 Å². The first-order chi connectivity index (χ1) is 15.3. The van der Waals surface area contributed by atoms with Crippen LogP contribution in [0.4, 0.5) is 5.82 Å². The van der Waals surface area contributed by atoms with Gasteiger partial charge in [0, 0.05) is 36.2 Å². The summed E-state index contributed by atoms with van der Waals surface area (Å²) in [5.41, 5.74) is 2.90. The van der Waals surface area contributed by atoms with Crippen LogP contribution in [0.15, 0.2) is 35.1 Å². The van der Waals surface area contributed by atoms with Gasteiger partial charge in [-0.15, -0.1) is 0 Å². The molecule has 0 saturated carbocycles. The molecule has 3 atom stereocenters. The van der Waals surface area contributed by atoms with Crippen LogP contribution in [-0.4, -0.2) is 77.6 Å². The van der Waals surface area contributed by atoms with E-state index >= 15 is 0 Å². The number of nitrogens with zero attached hydrogens (tertiary/aromatic N) is 5. The molecule has 0 bridgehead atoms. The van der Waals surface area contributed by atoms with Gasteiger partial charge in [-0.05, 0) is 57.1 Å². The highest BCUT2D eigenvalue weighted by Gasteiger charge is 2.35. The molecule has 0 radical (unpaired) electrons. The van der Waals surface area contributed by atoms with Crippen molar-refractivity contribution in [2.45, 2.75) is 37.7 Å². The summed E-state index contributed by atoms with van der Waals surface area (Å²) in [6.45, 7) is 5.79. The van der Waals surface area contributed by atoms with Crippen LogP contribution < -0.4 is 4.90 Å². The zero-order valence-electron chi connectivity index (χ0n) is 19.0. The summed E-state index contributed by atoms with van der Waals surface area (Å²) in [7, 11) is 4.08. The Kier molecular flexibility index (Phi) is 7.12. The molecule has 2 heterocycles. The number of hydrogen-bond acceptors (Lipinski definition) is 6. The molecule has 2 aliphatic rings. The standard InChI is InChI=1S/C24H32BrN5O2/c1-16-14-20(31)22-21(16)23(27-15-26-22)29-10-12-30(13-11-29)24(32)19(8-9-28(2)3)17-4-6-18(25)7-5-17/h4-7,15-16,19-20,31H,8-14H2,1-3H3/t16-,19?,20-/m1/s1. The Labute approximate surface area is 198 Å². The molecule has 1 fully saturated rings. The van der Waals surface area contributed by atoms with E-state index in [1.54, 1.807) is 6.33 Å². The molecular weight excluding hydrogens is 470 g/mol. The first kappa shape index (κ1) is 23.1. The van der Waals surface area contributed by atoms with Crippen molar-refractivity contribution in [3.63, 3.8) is 0 Å². The van der Waals surface area contributed by atoms with Crippen molar-refractivity contribution in [3.8, 4) is 0 Å². The lowest BCUT2D eigenvalue weighted by molar-refractivity contribution is -0.133. The number of carbonyl (C=O) groups is 1. The van der Waals surface area contributed by atoms with Gasteiger partial charge < -0.3 is 19.8 Å². The van der Waals surface area contributed by atoms with Gasteiger partial charge in [-0.1, -0.05) is 35.0 Å². The van der Waals surface area contributed by atoms with Crippen LogP contribution in [0.5, 0.6) is 0 Å². The van der Waals surface area contributed by atoms with Gasteiger partial charge in [0.2, 0.25) is 5.91 Å². The number of benzene rings is 1. The molecule has 1 aliphatic carbocycles. The van der Waals surface area contributed by atoms with Crippen LogP contribution in [-0.2, 0) is 4.79 Å². The molecule has 1 saturated heterocycles. The summed E-state index contributed by atoms with van der Waals surface area (Å²) >= 11 is 3.49. The van der Waals surface area contributed by atoms with E-state index in [1.807, 2.05) is 31.1 Å². The van der Waals surface area contributed by atoms with Crippen LogP contribution >= 0.6 is 15.9 Å². The van der Waals surface area contributed by atoms with Crippen molar-refractivity contribution >= 4 is 27.7 Å². The predicted molar refractivity (Wildman–Crippen MR) is 129 cm³/mol. The van der Waals surface area contributed by atoms with E-state index in [-0.39, 0.29) is 17.7 Å². The Morgan fingerprint density at radius 1 is 1.19 bits per heavy atom. The van der Waals surface area contributed by atoms with E-state index in [0.717, 1.165) is 53.2 Å². The van der Waals surface area contributed by atoms with Crippen LogP contribution in [0.25, 0.3) is 0 Å². The third kappa shape index (κ3) is 4.82. The van der Waals surface area contributed by atoms with Gasteiger partial charge in [0.25, 0.3) is 0 Å². The van der Waals surface area contributed by atoms with Crippen molar-refractivity contribution in [3.05, 3.63) is 51.9 Å². The first-order valence-electron chi connectivity index (χ1n) is 11.3. The molecule has 1 amide bonds. The zero-order valence-corrected chi connectivity index (χ0v) is 20.6. The first-order valence-corrected chi connectivity index (χ1v) is 12.1. The Hall–Kier alpha value is -2.03. The fourth-order valence-corrected chi connectivity index (χ4v) is 5.09. The number of rotatable bonds is 6. The van der Waals surface area contributed by atoms with Gasteiger partial charge in [0.15, 0.2) is 0 Å². The van der Waals surface area contributed by atoms with Crippen LogP contribution in [0.1, 0.15) is 54.5 Å². The number of aliphatic hydroxyl groups excluding tert-OH is 1. The second kappa shape index (κ2) is 9.85. The fourth-order valence-electron chi connectivity index (χ4n) is 4.83. The number of amides is 1. The number of aliphatic hydroxyl groups is 1. The monoisotopic (exact) mass is 501 g/mol. The van der Waals surface area contributed by atoms with Gasteiger partial charge >= 0.3 is 0 Å². The van der Waals surface area contributed by atoms with Gasteiger partial charge in [-0.2, -0.15) is 0 Å². The third-order valence-corrected chi connectivity index (χ3v) is 7.13. The third-order valence-electron chi connectivity index (χ3n) is 6.61. The number of carbonyl (C=O) groups excluding carboxylic acids is 1. The van der Waals surface area contributed by atoms with Crippen molar-refractivity contribution in [2.24, 2.45) is 0 Å². The Balaban J connectivity index is 1.47. The summed E-state index contributed by atoms with van der Waals surface area (Å²) in [5, 5.41) is 10.3. The van der Waals surface area contributed by atoms with Crippen molar-refractivity contribution in [1.29, 1.82) is 0 Å². The lowest BCUT2D eigenvalue weighted by atomic mass is 9.93. The molecule has 1 aliphatic heterocycles. The lowest BCUT2D eigenvalue weighted by Crippen LogP contribution is -2.50. The van der Waals surface area contributed by atoms with Crippen LogP contribution in [0, 0.1) is 0 Å². The summed E-state index contributed by atoms with van der Waals surface area (Å²) < 4.78 is 1.02. The zero-order chi connectivity index (χ0) is 22.8. The number of hydrogen-bond donors (Lipinski definition) is 1. The smallest absolute Gasteiger partial charge is 0.230 e. The lowest BCUT2D eigenvalue weighted by Gasteiger charge is -2.38. The number of fused-ring (bicyclic) bond motifs is 1. The number of halogens is 1. The van der Waals surface area contributed by atoms with E-state index in [2.05, 4.69) is 54.8 Å². The van der Waals surface area contributed by atoms with E-state index in [1.165, 1.54) is 0 Å². The van der Waals surface area contributed by atoms with Gasteiger partial charge in [-0.25, -0.2) is 9.97 Å². The van der Waals surface area contributed by atoms with Gasteiger partial charge in [0.1, 0.15) is 12.1 Å². The number of aromatic nitrogens is 2. The second-order valence-corrected chi connectivity index (χ2v) is 10.1. The fraction of sp³-hybridized carbons (Fsp3) is 0.542. The van der Waals surface area contributed by atoms with Crippen LogP contribution in [0.2, 0.25) is 0 Å². The van der Waals surface area contributed by atoms with Crippen molar-refractivity contribution in [1.82, 2.24) is 19.8 Å². The largest absolute Gasteiger partial charge is 0.387 e. The molecule has 1 aromatic carbocycles. The SMILES string of the molecule is C[C@@H]1C[C@@H](O)c2ncnc(N3CCN(C(=O)C(CCN(C)C)c4ccc(Br)cc4)CC3)c21. The minimum atomic E-state index is -0.506. The quantitative estimate of drug-likeness (QED) is 0.655. The normalized spacial score (nSPS) is 21.7. The highest BCUT2D eigenvalue weighted by molar-refractivity contribution is 9.10. The molecule has 1 unspecified atom stereocenters. The van der Waals surface area contributed by atoms with Crippen molar-refractivity contribution in [2.75, 3.05) is 51.7 Å². The van der Waals surface area contributed by atoms with Crippen LogP contribution in [0.3, 0.4) is 0 Å². The second-order valence-electron chi connectivity index (χ2n) is 9.16. The molecule has 172 valence electrons. The molecule has 1 aromatic heterocycles. The van der Waals surface area contributed by atoms with E-state index in [4.69, 9.17) is 0 Å². The predicted octanol–water partition coefficient (Wildman–Crippen LogP) is 3.16. The highest BCUT2D eigenvalue weighted by atomic mass is 79.9. The Bertz CT molecular complexity index is 944. The molecule has 0 spiro atoms. The molecule has 32 heavy (non-hydrogen) atoms. The Morgan fingerprint density at radius 2 is 1.88 bits per heavy atom. The number of anilines is 1. The maximum Gasteiger partial charge on any atom is 0.230 e. The van der Waals surface area contributed by atoms with Gasteiger partial charge in [0.05, 0.1) is 17.7 Å². The average Bonchev–Trinajstić information content (AvgIpc) is 3.08. The topological polar surface area (TPSA) is 72.8 Å². The minimum absolute atomic E-state index is 0.143. The molecule has 7 nitrogen and oxygen atoms in total. The minimum Gasteiger partial charge on any atom is -0.387 e. The Morgan fingerprint density at radius 3 is 2.53 bits per heavy atom. The van der Waals surface area contributed by atoms with E-state index in [0.29, 0.717) is 19.5 Å². The molecule has 2 aromatic rings. The summed E-state index contributed by atoms with van der Waals surface area (Å²) in [5.74, 6) is 1.22. The van der Waals surface area contributed by atoms with Crippen molar-refractivity contribution < 1.29 is 9.90 Å². The van der Waals surface area contributed by atoms with E-state index < -0.39 is 6.10 Å². The molecule has 4 rings (SSSR count). The molecular formula is C24H32BrN5O2. The summed E-state index contributed by atoms with van der Waals surface area (Å²) in [6, 6.07) is 8.12. The summed E-state index contributed by atoms with van der Waals surface area (Å²) in [4.78, 5) is 28.8. The van der Waals surface area contributed by atoms with Gasteiger partial charge in [-0.3, -0.25) is 4.79 Å². The maximum atomic E-state index is 13.5. The highest BCUT2D eigenvalue weighted by Crippen LogP contribution is 2.42. The maximum absolute atomic E-state index is 13.5. The number of piperazine rings is 1. The molecule has 1 N–H and O–H groups in total. The molecule has 8 heteroatoms. The average molecular weight is 502 g/mol.